The van der Waals surface area contributed by atoms with E-state index in [-0.39, 0.29) is 18.8 Å². The molecule has 0 radical (unpaired) electrons. The Hall–Kier alpha value is -2.77. The van der Waals surface area contributed by atoms with Gasteiger partial charge in [-0.05, 0) is 39.0 Å². The SMILES string of the molecule is C=C/C=C/C=C\C(C)=C/CC1OC(=O)CC(O)CC(O)C=CCC(=C)CC(O)CCC=CCC(O)C=CC1C. The molecule has 1 rings (SSSR count). The highest BCUT2D eigenvalue weighted by Gasteiger charge is 2.22. The molecule has 6 atom stereocenters. The number of ether oxygens (including phenoxy) is 1. The van der Waals surface area contributed by atoms with Gasteiger partial charge in [0.05, 0.1) is 30.8 Å². The van der Waals surface area contributed by atoms with E-state index in [9.17, 15) is 25.2 Å². The number of carbonyl (C=O) groups is 1. The van der Waals surface area contributed by atoms with Crippen LogP contribution in [0.15, 0.2) is 97.2 Å². The second-order valence-corrected chi connectivity index (χ2v) is 10.2. The van der Waals surface area contributed by atoms with E-state index in [1.807, 2.05) is 62.5 Å². The Balaban J connectivity index is 3.02. The van der Waals surface area contributed by atoms with Crippen molar-refractivity contribution in [2.45, 2.75) is 95.7 Å². The summed E-state index contributed by atoms with van der Waals surface area (Å²) >= 11 is 0. The first-order valence-corrected chi connectivity index (χ1v) is 13.8. The fraction of sp³-hybridized carbons (Fsp3) is 0.485. The second kappa shape index (κ2) is 20.2. The molecule has 6 heteroatoms. The smallest absolute Gasteiger partial charge is 0.308 e. The topological polar surface area (TPSA) is 107 Å². The predicted molar refractivity (Wildman–Crippen MR) is 159 cm³/mol. The summed E-state index contributed by atoms with van der Waals surface area (Å²) in [6.07, 6.45) is 21.2. The Morgan fingerprint density at radius 2 is 1.77 bits per heavy atom. The van der Waals surface area contributed by atoms with Crippen LogP contribution in [0.4, 0.5) is 0 Å². The van der Waals surface area contributed by atoms with Crippen molar-refractivity contribution < 1.29 is 30.0 Å². The zero-order valence-electron chi connectivity index (χ0n) is 23.6. The van der Waals surface area contributed by atoms with Crippen LogP contribution >= 0.6 is 0 Å². The quantitative estimate of drug-likeness (QED) is 0.206. The van der Waals surface area contributed by atoms with Crippen LogP contribution in [0.5, 0.6) is 0 Å². The van der Waals surface area contributed by atoms with Crippen molar-refractivity contribution in [3.05, 3.63) is 97.2 Å². The summed E-state index contributed by atoms with van der Waals surface area (Å²) in [6.45, 7) is 11.5. The number of hydrogen-bond acceptors (Lipinski definition) is 6. The van der Waals surface area contributed by atoms with E-state index < -0.39 is 36.5 Å². The van der Waals surface area contributed by atoms with E-state index in [1.165, 1.54) is 0 Å². The Morgan fingerprint density at radius 1 is 1.00 bits per heavy atom. The van der Waals surface area contributed by atoms with Gasteiger partial charge in [-0.1, -0.05) is 104 Å². The lowest BCUT2D eigenvalue weighted by Gasteiger charge is -2.22. The minimum atomic E-state index is -1.06. The highest BCUT2D eigenvalue weighted by atomic mass is 16.5. The molecule has 0 aromatic carbocycles. The zero-order chi connectivity index (χ0) is 29.0. The molecule has 0 amide bonds. The van der Waals surface area contributed by atoms with Crippen LogP contribution in [0.1, 0.15) is 65.2 Å². The summed E-state index contributed by atoms with van der Waals surface area (Å²) in [7, 11) is 0. The molecule has 0 fully saturated rings. The van der Waals surface area contributed by atoms with E-state index in [2.05, 4.69) is 13.2 Å². The molecular formula is C33H48O6. The van der Waals surface area contributed by atoms with Crippen molar-refractivity contribution in [1.29, 1.82) is 0 Å². The average Bonchev–Trinajstić information content (AvgIpc) is 2.86. The lowest BCUT2D eigenvalue weighted by Crippen LogP contribution is -2.27. The van der Waals surface area contributed by atoms with Crippen LogP contribution in [-0.2, 0) is 9.53 Å². The predicted octanol–water partition coefficient (Wildman–Crippen LogP) is 5.58. The number of aliphatic hydroxyl groups excluding tert-OH is 4. The van der Waals surface area contributed by atoms with Crippen molar-refractivity contribution in [3.63, 3.8) is 0 Å². The molecule has 1 heterocycles. The van der Waals surface area contributed by atoms with Gasteiger partial charge in [-0.2, -0.15) is 0 Å². The van der Waals surface area contributed by atoms with E-state index in [0.717, 1.165) is 11.1 Å². The summed E-state index contributed by atoms with van der Waals surface area (Å²) < 4.78 is 5.76. The number of cyclic esters (lactones) is 1. The molecule has 1 aliphatic heterocycles. The Labute approximate surface area is 234 Å². The zero-order valence-corrected chi connectivity index (χ0v) is 23.6. The largest absolute Gasteiger partial charge is 0.461 e. The van der Waals surface area contributed by atoms with Gasteiger partial charge in [0.25, 0.3) is 0 Å². The van der Waals surface area contributed by atoms with Crippen LogP contribution in [-0.4, -0.2) is 56.9 Å². The van der Waals surface area contributed by atoms with Gasteiger partial charge in [0, 0.05) is 18.8 Å². The summed E-state index contributed by atoms with van der Waals surface area (Å²) in [4.78, 5) is 12.7. The molecule has 0 spiro atoms. The summed E-state index contributed by atoms with van der Waals surface area (Å²) in [5, 5.41) is 41.2. The van der Waals surface area contributed by atoms with Gasteiger partial charge in [-0.3, -0.25) is 4.79 Å². The number of rotatable bonds is 5. The molecule has 39 heavy (non-hydrogen) atoms. The standard InChI is InChI=1S/C33H48O6/c1-5-6-7-9-13-25(2)18-21-32-27(4)19-20-28(34)15-10-8-11-16-29(35)22-26(3)14-12-17-30(36)23-31(37)24-33(38)39-32/h5-10,12-13,17-20,27-32,34-37H,1,3,11,14-16,21-24H2,2,4H3/b7-6+,10-8?,13-9-,17-12?,20-19?,25-18-. The molecule has 0 saturated heterocycles. The van der Waals surface area contributed by atoms with Crippen molar-refractivity contribution in [1.82, 2.24) is 0 Å². The molecule has 0 aromatic heterocycles. The molecular weight excluding hydrogens is 492 g/mol. The van der Waals surface area contributed by atoms with Crippen molar-refractivity contribution in [2.24, 2.45) is 5.92 Å². The van der Waals surface area contributed by atoms with E-state index >= 15 is 0 Å². The van der Waals surface area contributed by atoms with Crippen LogP contribution < -0.4 is 0 Å². The Morgan fingerprint density at radius 3 is 2.51 bits per heavy atom. The van der Waals surface area contributed by atoms with E-state index in [4.69, 9.17) is 4.74 Å². The van der Waals surface area contributed by atoms with Crippen LogP contribution in [0.25, 0.3) is 0 Å². The number of esters is 1. The highest BCUT2D eigenvalue weighted by molar-refractivity contribution is 5.70. The maximum absolute atomic E-state index is 12.7. The summed E-state index contributed by atoms with van der Waals surface area (Å²) in [5.74, 6) is -0.736. The van der Waals surface area contributed by atoms with Gasteiger partial charge in [-0.25, -0.2) is 0 Å². The van der Waals surface area contributed by atoms with E-state index in [1.54, 1.807) is 24.3 Å². The molecule has 0 aromatic rings. The Bertz CT molecular complexity index is 922. The first kappa shape index (κ1) is 34.3. The minimum Gasteiger partial charge on any atom is -0.461 e. The minimum absolute atomic E-state index is 0.00137. The molecule has 0 saturated carbocycles. The Kier molecular flexibility index (Phi) is 17.7. The monoisotopic (exact) mass is 540 g/mol. The highest BCUT2D eigenvalue weighted by Crippen LogP contribution is 2.19. The third-order valence-electron chi connectivity index (χ3n) is 6.31. The molecule has 0 aliphatic carbocycles. The maximum atomic E-state index is 12.7. The van der Waals surface area contributed by atoms with Gasteiger partial charge >= 0.3 is 5.97 Å². The first-order valence-electron chi connectivity index (χ1n) is 13.8. The molecule has 1 aliphatic rings. The molecule has 6 unspecified atom stereocenters. The van der Waals surface area contributed by atoms with Crippen LogP contribution in [0.2, 0.25) is 0 Å². The lowest BCUT2D eigenvalue weighted by molar-refractivity contribution is -0.153. The summed E-state index contributed by atoms with van der Waals surface area (Å²) in [5.41, 5.74) is 1.84. The average molecular weight is 541 g/mol. The van der Waals surface area contributed by atoms with Crippen molar-refractivity contribution >= 4 is 5.97 Å². The van der Waals surface area contributed by atoms with Gasteiger partial charge < -0.3 is 25.2 Å². The van der Waals surface area contributed by atoms with Crippen molar-refractivity contribution in [3.8, 4) is 0 Å². The number of hydrogen-bond donors (Lipinski definition) is 4. The first-order chi connectivity index (χ1) is 18.6. The third-order valence-corrected chi connectivity index (χ3v) is 6.31. The van der Waals surface area contributed by atoms with Crippen molar-refractivity contribution in [2.75, 3.05) is 0 Å². The van der Waals surface area contributed by atoms with E-state index in [0.29, 0.717) is 38.5 Å². The number of allylic oxidation sites excluding steroid dienone is 8. The molecule has 216 valence electrons. The van der Waals surface area contributed by atoms with Gasteiger partial charge in [-0.15, -0.1) is 0 Å². The molecule has 4 N–H and O–H groups in total. The summed E-state index contributed by atoms with van der Waals surface area (Å²) in [6, 6.07) is 0. The third kappa shape index (κ3) is 17.4. The van der Waals surface area contributed by atoms with Gasteiger partial charge in [0.15, 0.2) is 0 Å². The maximum Gasteiger partial charge on any atom is 0.308 e. The molecule has 0 bridgehead atoms. The normalized spacial score (nSPS) is 29.7. The molecule has 6 nitrogen and oxygen atoms in total. The fourth-order valence-corrected chi connectivity index (χ4v) is 4.00. The van der Waals surface area contributed by atoms with Gasteiger partial charge in [0.2, 0.25) is 0 Å². The lowest BCUT2D eigenvalue weighted by atomic mass is 9.98. The number of aliphatic hydroxyl groups is 4. The van der Waals surface area contributed by atoms with Gasteiger partial charge in [0.1, 0.15) is 6.10 Å². The number of carbonyl (C=O) groups excluding carboxylic acids is 1. The second-order valence-electron chi connectivity index (χ2n) is 10.2. The fourth-order valence-electron chi connectivity index (χ4n) is 4.00. The van der Waals surface area contributed by atoms with Crippen LogP contribution in [0, 0.1) is 5.92 Å². The van der Waals surface area contributed by atoms with Crippen LogP contribution in [0.3, 0.4) is 0 Å².